The molecule has 0 unspecified atom stereocenters. The van der Waals surface area contributed by atoms with E-state index in [9.17, 15) is 13.6 Å². The minimum absolute atomic E-state index is 0.145. The average Bonchev–Trinajstić information content (AvgIpc) is 3.24. The largest absolute Gasteiger partial charge is 0.296 e. The van der Waals surface area contributed by atoms with E-state index in [1.165, 1.54) is 28.9 Å². The van der Waals surface area contributed by atoms with Crippen molar-refractivity contribution in [3.05, 3.63) is 102 Å². The molecule has 4 rings (SSSR count). The summed E-state index contributed by atoms with van der Waals surface area (Å²) in [6, 6.07) is 20.5. The molecule has 0 spiro atoms. The molecule has 0 saturated heterocycles. The van der Waals surface area contributed by atoms with Gasteiger partial charge in [0.15, 0.2) is 12.1 Å². The van der Waals surface area contributed by atoms with Crippen LogP contribution >= 0.6 is 0 Å². The number of halogens is 2. The van der Waals surface area contributed by atoms with Crippen LogP contribution in [0.4, 0.5) is 8.78 Å². The predicted molar refractivity (Wildman–Crippen MR) is 104 cm³/mol. The Morgan fingerprint density at radius 2 is 1.34 bits per heavy atom. The van der Waals surface area contributed by atoms with Crippen molar-refractivity contribution in [2.45, 2.75) is 0 Å². The van der Waals surface area contributed by atoms with Crippen molar-refractivity contribution < 1.29 is 13.6 Å². The molecule has 0 aliphatic heterocycles. The lowest BCUT2D eigenvalue weighted by molar-refractivity contribution is -0.103. The maximum atomic E-state index is 13.5. The maximum absolute atomic E-state index is 13.5. The summed E-state index contributed by atoms with van der Waals surface area (Å²) in [6.45, 7) is 0. The number of benzene rings is 3. The second kappa shape index (κ2) is 7.93. The first kappa shape index (κ1) is 18.4. The van der Waals surface area contributed by atoms with E-state index < -0.39 is 11.6 Å². The minimum Gasteiger partial charge on any atom is -0.296 e. The highest BCUT2D eigenvalue weighted by atomic mass is 19.1. The number of tetrazole rings is 1. The van der Waals surface area contributed by atoms with Gasteiger partial charge in [-0.05, 0) is 45.8 Å². The molecule has 142 valence electrons. The van der Waals surface area contributed by atoms with E-state index >= 15 is 0 Å². The molecule has 0 radical (unpaired) electrons. The van der Waals surface area contributed by atoms with Crippen molar-refractivity contribution in [1.82, 2.24) is 20.2 Å². The Morgan fingerprint density at radius 1 is 0.793 bits per heavy atom. The molecule has 0 aliphatic carbocycles. The van der Waals surface area contributed by atoms with Crippen LogP contribution in [-0.4, -0.2) is 26.5 Å². The van der Waals surface area contributed by atoms with Gasteiger partial charge in [0.25, 0.3) is 0 Å². The monoisotopic (exact) mass is 388 g/mol. The molecule has 7 heteroatoms. The van der Waals surface area contributed by atoms with E-state index in [0.29, 0.717) is 28.8 Å². The summed E-state index contributed by atoms with van der Waals surface area (Å²) in [6.07, 6.45) is 0.630. The summed E-state index contributed by atoms with van der Waals surface area (Å²) in [5.41, 5.74) is 2.44. The number of nitrogens with zero attached hydrogens (tertiary/aromatic N) is 4. The highest BCUT2D eigenvalue weighted by Crippen LogP contribution is 2.30. The number of carbonyl (C=O) groups excluding carboxylic acids is 1. The molecule has 1 heterocycles. The molecule has 0 bridgehead atoms. The summed E-state index contributed by atoms with van der Waals surface area (Å²) >= 11 is 0. The molecule has 3 aromatic carbocycles. The molecular formula is C22H14F2N4O. The van der Waals surface area contributed by atoms with Gasteiger partial charge in [-0.3, -0.25) is 4.79 Å². The SMILES string of the molecule is O=CC(=C(c1ccc(F)cc1)c1ccc(F)cc1)n1nnnc1-c1ccccc1. The molecular weight excluding hydrogens is 374 g/mol. The molecule has 4 aromatic rings. The van der Waals surface area contributed by atoms with Crippen LogP contribution in [0.1, 0.15) is 11.1 Å². The Labute approximate surface area is 164 Å². The van der Waals surface area contributed by atoms with E-state index in [1.807, 2.05) is 30.3 Å². The van der Waals surface area contributed by atoms with E-state index in [0.717, 1.165) is 5.56 Å². The van der Waals surface area contributed by atoms with E-state index in [4.69, 9.17) is 0 Å². The molecule has 0 atom stereocenters. The van der Waals surface area contributed by atoms with Gasteiger partial charge in [-0.1, -0.05) is 54.6 Å². The van der Waals surface area contributed by atoms with Crippen LogP contribution in [0, 0.1) is 11.6 Å². The summed E-state index contributed by atoms with van der Waals surface area (Å²) in [4.78, 5) is 12.2. The van der Waals surface area contributed by atoms with Gasteiger partial charge < -0.3 is 0 Å². The molecule has 0 fully saturated rings. The Hall–Kier alpha value is -4.00. The van der Waals surface area contributed by atoms with Crippen molar-refractivity contribution in [2.75, 3.05) is 0 Å². The number of aldehydes is 1. The lowest BCUT2D eigenvalue weighted by Crippen LogP contribution is -2.07. The fraction of sp³-hybridized carbons (Fsp3) is 0. The number of aromatic nitrogens is 4. The van der Waals surface area contributed by atoms with Crippen LogP contribution in [0.3, 0.4) is 0 Å². The van der Waals surface area contributed by atoms with Crippen LogP contribution < -0.4 is 0 Å². The van der Waals surface area contributed by atoms with Crippen molar-refractivity contribution in [3.63, 3.8) is 0 Å². The molecule has 0 aliphatic rings. The number of hydrogen-bond donors (Lipinski definition) is 0. The number of allylic oxidation sites excluding steroid dienone is 1. The van der Waals surface area contributed by atoms with E-state index in [2.05, 4.69) is 15.5 Å². The number of rotatable bonds is 5. The highest BCUT2D eigenvalue weighted by Gasteiger charge is 2.19. The zero-order valence-electron chi connectivity index (χ0n) is 15.0. The first-order chi connectivity index (χ1) is 14.2. The van der Waals surface area contributed by atoms with Gasteiger partial charge in [-0.2, -0.15) is 4.68 Å². The first-order valence-electron chi connectivity index (χ1n) is 8.73. The fourth-order valence-corrected chi connectivity index (χ4v) is 3.03. The van der Waals surface area contributed by atoms with Crippen molar-refractivity contribution in [3.8, 4) is 11.4 Å². The van der Waals surface area contributed by atoms with Gasteiger partial charge >= 0.3 is 0 Å². The Balaban J connectivity index is 1.99. The van der Waals surface area contributed by atoms with Gasteiger partial charge in [0, 0.05) is 11.1 Å². The Bertz CT molecular complexity index is 1120. The molecule has 0 N–H and O–H groups in total. The number of hydrogen-bond acceptors (Lipinski definition) is 4. The lowest BCUT2D eigenvalue weighted by Gasteiger charge is -2.13. The predicted octanol–water partition coefficient (Wildman–Crippen LogP) is 4.23. The standard InChI is InChI=1S/C22H14F2N4O/c23-18-10-6-15(7-11-18)21(16-8-12-19(24)13-9-16)20(14-29)28-22(25-26-27-28)17-4-2-1-3-5-17/h1-14H. The van der Waals surface area contributed by atoms with E-state index in [1.54, 1.807) is 24.3 Å². The number of carbonyl (C=O) groups is 1. The van der Waals surface area contributed by atoms with Gasteiger partial charge in [0.05, 0.1) is 0 Å². The third-order valence-electron chi connectivity index (χ3n) is 4.36. The summed E-state index contributed by atoms with van der Waals surface area (Å²) in [5, 5.41) is 11.7. The van der Waals surface area contributed by atoms with Crippen LogP contribution in [0.2, 0.25) is 0 Å². The maximum Gasteiger partial charge on any atom is 0.187 e. The zero-order valence-corrected chi connectivity index (χ0v) is 15.0. The Morgan fingerprint density at radius 3 is 1.86 bits per heavy atom. The van der Waals surface area contributed by atoms with Crippen LogP contribution in [-0.2, 0) is 4.79 Å². The zero-order chi connectivity index (χ0) is 20.2. The highest BCUT2D eigenvalue weighted by molar-refractivity contribution is 6.14. The van der Waals surface area contributed by atoms with Crippen molar-refractivity contribution in [2.24, 2.45) is 0 Å². The minimum atomic E-state index is -0.410. The molecule has 5 nitrogen and oxygen atoms in total. The van der Waals surface area contributed by atoms with E-state index in [-0.39, 0.29) is 5.70 Å². The smallest absolute Gasteiger partial charge is 0.187 e. The van der Waals surface area contributed by atoms with Crippen LogP contribution in [0.25, 0.3) is 22.7 Å². The van der Waals surface area contributed by atoms with Gasteiger partial charge in [-0.25, -0.2) is 8.78 Å². The fourth-order valence-electron chi connectivity index (χ4n) is 3.03. The quantitative estimate of drug-likeness (QED) is 0.379. The molecule has 29 heavy (non-hydrogen) atoms. The van der Waals surface area contributed by atoms with Gasteiger partial charge in [-0.15, -0.1) is 5.10 Å². The molecule has 1 aromatic heterocycles. The normalized spacial score (nSPS) is 10.6. The van der Waals surface area contributed by atoms with Crippen molar-refractivity contribution in [1.29, 1.82) is 0 Å². The second-order valence-corrected chi connectivity index (χ2v) is 6.17. The third kappa shape index (κ3) is 3.70. The summed E-state index contributed by atoms with van der Waals surface area (Å²) < 4.78 is 28.3. The second-order valence-electron chi connectivity index (χ2n) is 6.17. The first-order valence-corrected chi connectivity index (χ1v) is 8.73. The Kier molecular flexibility index (Phi) is 5.03. The third-order valence-corrected chi connectivity index (χ3v) is 4.36. The van der Waals surface area contributed by atoms with Crippen LogP contribution in [0.5, 0.6) is 0 Å². The molecule has 0 amide bonds. The van der Waals surface area contributed by atoms with Crippen molar-refractivity contribution >= 4 is 17.6 Å². The van der Waals surface area contributed by atoms with Gasteiger partial charge in [0.2, 0.25) is 0 Å². The average molecular weight is 388 g/mol. The molecule has 0 saturated carbocycles. The lowest BCUT2D eigenvalue weighted by atomic mass is 9.96. The van der Waals surface area contributed by atoms with Crippen LogP contribution in [0.15, 0.2) is 78.9 Å². The summed E-state index contributed by atoms with van der Waals surface area (Å²) in [7, 11) is 0. The summed E-state index contributed by atoms with van der Waals surface area (Å²) in [5.74, 6) is -0.450. The topological polar surface area (TPSA) is 60.7 Å². The van der Waals surface area contributed by atoms with Gasteiger partial charge in [0.1, 0.15) is 17.3 Å².